The monoisotopic (exact) mass is 202 g/mol. The van der Waals surface area contributed by atoms with Gasteiger partial charge >= 0.3 is 0 Å². The van der Waals surface area contributed by atoms with Gasteiger partial charge in [0.05, 0.1) is 25.2 Å². The number of ether oxygens (including phenoxy) is 1. The molecule has 1 aliphatic heterocycles. The van der Waals surface area contributed by atoms with Crippen molar-refractivity contribution in [2.24, 2.45) is 0 Å². The highest BCUT2D eigenvalue weighted by Crippen LogP contribution is 2.08. The first-order valence-electron chi connectivity index (χ1n) is 5.15. The summed E-state index contributed by atoms with van der Waals surface area (Å²) in [5.74, 6) is 0. The minimum absolute atomic E-state index is 0.379. The van der Waals surface area contributed by atoms with Gasteiger partial charge in [-0.3, -0.25) is 0 Å². The number of hydrogen-bond acceptors (Lipinski definition) is 3. The summed E-state index contributed by atoms with van der Waals surface area (Å²) in [6, 6.07) is 10.2. The molecule has 0 aromatic heterocycles. The predicted molar refractivity (Wildman–Crippen MR) is 57.2 cm³/mol. The maximum Gasteiger partial charge on any atom is 0.0828 e. The van der Waals surface area contributed by atoms with Gasteiger partial charge in [0, 0.05) is 13.1 Å². The molecule has 1 aromatic rings. The Hall–Kier alpha value is -1.37. The van der Waals surface area contributed by atoms with Gasteiger partial charge in [-0.25, -0.2) is 0 Å². The molecule has 1 N–H and O–H groups in total. The number of hydrogen-bond donors (Lipinski definition) is 1. The molecule has 0 unspecified atom stereocenters. The molecule has 1 fully saturated rings. The van der Waals surface area contributed by atoms with Crippen LogP contribution in [0.3, 0.4) is 0 Å². The molecule has 15 heavy (non-hydrogen) atoms. The van der Waals surface area contributed by atoms with Crippen molar-refractivity contribution in [2.45, 2.75) is 19.1 Å². The third-order valence-corrected chi connectivity index (χ3v) is 2.54. The van der Waals surface area contributed by atoms with Gasteiger partial charge in [0.1, 0.15) is 0 Å². The van der Waals surface area contributed by atoms with E-state index in [1.54, 1.807) is 0 Å². The summed E-state index contributed by atoms with van der Waals surface area (Å²) in [4.78, 5) is 0. The van der Waals surface area contributed by atoms with Crippen LogP contribution in [0.4, 0.5) is 0 Å². The van der Waals surface area contributed by atoms with E-state index in [1.807, 2.05) is 24.3 Å². The van der Waals surface area contributed by atoms with Gasteiger partial charge in [-0.05, 0) is 11.1 Å². The average molecular weight is 202 g/mol. The van der Waals surface area contributed by atoms with Crippen molar-refractivity contribution in [1.82, 2.24) is 5.32 Å². The summed E-state index contributed by atoms with van der Waals surface area (Å²) in [5, 5.41) is 11.7. The molecule has 0 radical (unpaired) electrons. The molecule has 0 saturated carbocycles. The van der Waals surface area contributed by atoms with Crippen molar-refractivity contribution in [1.29, 1.82) is 5.26 Å². The second-order valence-corrected chi connectivity index (χ2v) is 3.74. The van der Waals surface area contributed by atoms with Crippen molar-refractivity contribution in [3.8, 4) is 6.07 Å². The summed E-state index contributed by atoms with van der Waals surface area (Å²) < 4.78 is 5.64. The molecule has 1 heterocycles. The Bertz CT molecular complexity index is 349. The normalized spacial score (nSPS) is 15.7. The lowest BCUT2D eigenvalue weighted by atomic mass is 10.1. The number of nitrogens with one attached hydrogen (secondary N) is 1. The quantitative estimate of drug-likeness (QED) is 0.799. The van der Waals surface area contributed by atoms with Crippen molar-refractivity contribution in [3.05, 3.63) is 35.4 Å². The minimum atomic E-state index is 0.379. The van der Waals surface area contributed by atoms with Crippen LogP contribution < -0.4 is 5.32 Å². The van der Waals surface area contributed by atoms with E-state index >= 15 is 0 Å². The average Bonchev–Trinajstić information content (AvgIpc) is 2.19. The Morgan fingerprint density at radius 3 is 2.47 bits per heavy atom. The first-order chi connectivity index (χ1) is 7.38. The molecule has 3 heteroatoms. The highest BCUT2D eigenvalue weighted by atomic mass is 16.5. The van der Waals surface area contributed by atoms with Gasteiger partial charge in [-0.1, -0.05) is 24.3 Å². The summed E-state index contributed by atoms with van der Waals surface area (Å²) >= 11 is 0. The third kappa shape index (κ3) is 2.79. The maximum absolute atomic E-state index is 8.52. The molecule has 0 aliphatic carbocycles. The summed E-state index contributed by atoms with van der Waals surface area (Å²) in [7, 11) is 0. The van der Waals surface area contributed by atoms with E-state index in [0.29, 0.717) is 19.1 Å². The second-order valence-electron chi connectivity index (χ2n) is 3.74. The lowest BCUT2D eigenvalue weighted by molar-refractivity contribution is 0.00758. The standard InChI is InChI=1S/C12H14N2O/c13-6-5-10-1-3-11(4-2-10)9-15-12-7-14-8-12/h1-4,12,14H,5,7-9H2. The minimum Gasteiger partial charge on any atom is -0.371 e. The van der Waals surface area contributed by atoms with Gasteiger partial charge < -0.3 is 10.1 Å². The molecular formula is C12H14N2O. The molecule has 0 amide bonds. The highest BCUT2D eigenvalue weighted by molar-refractivity contribution is 5.24. The molecular weight excluding hydrogens is 188 g/mol. The molecule has 1 saturated heterocycles. The van der Waals surface area contributed by atoms with Crippen LogP contribution in [0.2, 0.25) is 0 Å². The highest BCUT2D eigenvalue weighted by Gasteiger charge is 2.16. The number of nitrogens with zero attached hydrogens (tertiary/aromatic N) is 1. The van der Waals surface area contributed by atoms with Gasteiger partial charge in [-0.15, -0.1) is 0 Å². The Morgan fingerprint density at radius 2 is 1.93 bits per heavy atom. The van der Waals surface area contributed by atoms with Crippen molar-refractivity contribution < 1.29 is 4.74 Å². The van der Waals surface area contributed by atoms with Crippen LogP contribution in [-0.4, -0.2) is 19.2 Å². The third-order valence-electron chi connectivity index (χ3n) is 2.54. The van der Waals surface area contributed by atoms with E-state index in [9.17, 15) is 0 Å². The zero-order valence-electron chi connectivity index (χ0n) is 8.57. The maximum atomic E-state index is 8.52. The number of benzene rings is 1. The van der Waals surface area contributed by atoms with Crippen LogP contribution in [0.1, 0.15) is 11.1 Å². The summed E-state index contributed by atoms with van der Waals surface area (Å²) in [6.07, 6.45) is 0.858. The van der Waals surface area contributed by atoms with Gasteiger partial charge in [0.15, 0.2) is 0 Å². The largest absolute Gasteiger partial charge is 0.371 e. The van der Waals surface area contributed by atoms with Gasteiger partial charge in [-0.2, -0.15) is 5.26 Å². The van der Waals surface area contributed by atoms with Crippen LogP contribution in [0, 0.1) is 11.3 Å². The first kappa shape index (κ1) is 10.2. The van der Waals surface area contributed by atoms with Crippen LogP contribution in [0.25, 0.3) is 0 Å². The van der Waals surface area contributed by atoms with Crippen molar-refractivity contribution in [2.75, 3.05) is 13.1 Å². The molecule has 2 rings (SSSR count). The molecule has 3 nitrogen and oxygen atoms in total. The van der Waals surface area contributed by atoms with Crippen molar-refractivity contribution in [3.63, 3.8) is 0 Å². The lowest BCUT2D eigenvalue weighted by Gasteiger charge is -2.27. The van der Waals surface area contributed by atoms with Gasteiger partial charge in [0.2, 0.25) is 0 Å². The van der Waals surface area contributed by atoms with Gasteiger partial charge in [0.25, 0.3) is 0 Å². The molecule has 0 bridgehead atoms. The van der Waals surface area contributed by atoms with Crippen LogP contribution in [-0.2, 0) is 17.8 Å². The first-order valence-corrected chi connectivity index (χ1v) is 5.15. The number of nitriles is 1. The van der Waals surface area contributed by atoms with E-state index in [2.05, 4.69) is 11.4 Å². The molecule has 0 spiro atoms. The number of rotatable bonds is 4. The fourth-order valence-electron chi connectivity index (χ4n) is 1.44. The van der Waals surface area contributed by atoms with E-state index in [-0.39, 0.29) is 0 Å². The lowest BCUT2D eigenvalue weighted by Crippen LogP contribution is -2.48. The predicted octanol–water partition coefficient (Wildman–Crippen LogP) is 1.24. The zero-order chi connectivity index (χ0) is 10.5. The Kier molecular flexibility index (Phi) is 3.33. The second kappa shape index (κ2) is 4.92. The fraction of sp³-hybridized carbons (Fsp3) is 0.417. The Morgan fingerprint density at radius 1 is 1.27 bits per heavy atom. The SMILES string of the molecule is N#CCc1ccc(COC2CNC2)cc1. The van der Waals surface area contributed by atoms with Crippen LogP contribution in [0.5, 0.6) is 0 Å². The Labute approximate surface area is 89.7 Å². The molecule has 0 atom stereocenters. The van der Waals surface area contributed by atoms with Crippen molar-refractivity contribution >= 4 is 0 Å². The smallest absolute Gasteiger partial charge is 0.0828 e. The van der Waals surface area contributed by atoms with Crippen LogP contribution >= 0.6 is 0 Å². The summed E-state index contributed by atoms with van der Waals surface area (Å²) in [6.45, 7) is 2.60. The molecule has 1 aromatic carbocycles. The zero-order valence-corrected chi connectivity index (χ0v) is 8.57. The van der Waals surface area contributed by atoms with E-state index in [0.717, 1.165) is 18.7 Å². The topological polar surface area (TPSA) is 45.0 Å². The van der Waals surface area contributed by atoms with Crippen LogP contribution in [0.15, 0.2) is 24.3 Å². The van der Waals surface area contributed by atoms with E-state index in [4.69, 9.17) is 10.00 Å². The fourth-order valence-corrected chi connectivity index (χ4v) is 1.44. The summed E-state index contributed by atoms with van der Waals surface area (Å²) in [5.41, 5.74) is 2.23. The molecule has 1 aliphatic rings. The Balaban J connectivity index is 1.83. The molecule has 78 valence electrons. The van der Waals surface area contributed by atoms with E-state index < -0.39 is 0 Å². The van der Waals surface area contributed by atoms with E-state index in [1.165, 1.54) is 5.56 Å².